The Morgan fingerprint density at radius 1 is 1.22 bits per heavy atom. The van der Waals surface area contributed by atoms with E-state index in [0.29, 0.717) is 19.5 Å². The van der Waals surface area contributed by atoms with Gasteiger partial charge < -0.3 is 5.11 Å². The molecule has 1 aromatic carbocycles. The van der Waals surface area contributed by atoms with Crippen LogP contribution in [0, 0.1) is 0 Å². The van der Waals surface area contributed by atoms with Gasteiger partial charge in [-0.1, -0.05) is 17.3 Å². The molecule has 1 N–H and O–H groups in total. The molecule has 0 radical (unpaired) electrons. The Morgan fingerprint density at radius 3 is 2.65 bits per heavy atom. The minimum atomic E-state index is -3.58. The van der Waals surface area contributed by atoms with Gasteiger partial charge in [-0.3, -0.25) is 4.79 Å². The minimum absolute atomic E-state index is 0.0230. The Hall–Kier alpha value is -2.26. The number of aliphatic carboxylic acids is 1. The van der Waals surface area contributed by atoms with E-state index in [1.54, 1.807) is 23.0 Å². The second-order valence-electron chi connectivity index (χ2n) is 5.32. The molecule has 23 heavy (non-hydrogen) atoms. The highest BCUT2D eigenvalue weighted by Crippen LogP contribution is 2.21. The van der Waals surface area contributed by atoms with Gasteiger partial charge in [0.2, 0.25) is 10.0 Å². The summed E-state index contributed by atoms with van der Waals surface area (Å²) in [6, 6.07) is 6.37. The highest BCUT2D eigenvalue weighted by Gasteiger charge is 2.28. The van der Waals surface area contributed by atoms with Gasteiger partial charge in [-0.15, -0.1) is 5.10 Å². The first-order valence-corrected chi connectivity index (χ1v) is 8.59. The molecule has 2 heterocycles. The van der Waals surface area contributed by atoms with E-state index in [4.69, 9.17) is 5.11 Å². The summed E-state index contributed by atoms with van der Waals surface area (Å²) in [4.78, 5) is 10.8. The van der Waals surface area contributed by atoms with Gasteiger partial charge in [0.15, 0.2) is 0 Å². The topological polar surface area (TPSA) is 105 Å². The molecule has 8 nitrogen and oxygen atoms in total. The van der Waals surface area contributed by atoms with Crippen molar-refractivity contribution in [2.45, 2.75) is 30.8 Å². The highest BCUT2D eigenvalue weighted by molar-refractivity contribution is 7.89. The molecule has 0 unspecified atom stereocenters. The maximum atomic E-state index is 12.7. The van der Waals surface area contributed by atoms with E-state index in [9.17, 15) is 13.2 Å². The number of benzene rings is 1. The van der Waals surface area contributed by atoms with Crippen molar-refractivity contribution in [1.82, 2.24) is 19.3 Å². The SMILES string of the molecule is O=C(O)CCc1ccc(S(=O)(=O)N2CCn3nncc3C2)cc1. The number of rotatable bonds is 5. The molecule has 1 aliphatic rings. The molecule has 0 saturated heterocycles. The monoisotopic (exact) mass is 336 g/mol. The molecule has 0 spiro atoms. The Kier molecular flexibility index (Phi) is 4.14. The summed E-state index contributed by atoms with van der Waals surface area (Å²) in [6.07, 6.45) is 1.97. The summed E-state index contributed by atoms with van der Waals surface area (Å²) in [7, 11) is -3.58. The third kappa shape index (κ3) is 3.25. The number of aryl methyl sites for hydroxylation is 1. The van der Waals surface area contributed by atoms with Gasteiger partial charge in [0.05, 0.1) is 29.9 Å². The van der Waals surface area contributed by atoms with Crippen LogP contribution in [0.4, 0.5) is 0 Å². The summed E-state index contributed by atoms with van der Waals surface area (Å²) in [6.45, 7) is 1.07. The molecular weight excluding hydrogens is 320 g/mol. The second kappa shape index (κ2) is 6.09. The van der Waals surface area contributed by atoms with Crippen molar-refractivity contribution >= 4 is 16.0 Å². The number of hydrogen-bond donors (Lipinski definition) is 1. The molecule has 0 atom stereocenters. The molecule has 1 aliphatic heterocycles. The number of carbonyl (C=O) groups is 1. The fourth-order valence-electron chi connectivity index (χ4n) is 2.49. The summed E-state index contributed by atoms with van der Waals surface area (Å²) in [5, 5.41) is 16.3. The summed E-state index contributed by atoms with van der Waals surface area (Å²) < 4.78 is 28.5. The van der Waals surface area contributed by atoms with Crippen LogP contribution in [0.2, 0.25) is 0 Å². The van der Waals surface area contributed by atoms with E-state index >= 15 is 0 Å². The largest absolute Gasteiger partial charge is 0.481 e. The molecule has 0 bridgehead atoms. The third-order valence-corrected chi connectivity index (χ3v) is 5.65. The van der Waals surface area contributed by atoms with Crippen LogP contribution in [0.15, 0.2) is 35.4 Å². The Balaban J connectivity index is 1.76. The molecule has 0 amide bonds. The van der Waals surface area contributed by atoms with Crippen molar-refractivity contribution in [2.24, 2.45) is 0 Å². The second-order valence-corrected chi connectivity index (χ2v) is 7.26. The highest BCUT2D eigenvalue weighted by atomic mass is 32.2. The van der Waals surface area contributed by atoms with Crippen LogP contribution in [0.3, 0.4) is 0 Å². The van der Waals surface area contributed by atoms with Crippen LogP contribution in [-0.4, -0.2) is 45.3 Å². The van der Waals surface area contributed by atoms with Crippen molar-refractivity contribution < 1.29 is 18.3 Å². The number of sulfonamides is 1. The van der Waals surface area contributed by atoms with Gasteiger partial charge in [0.25, 0.3) is 0 Å². The fourth-order valence-corrected chi connectivity index (χ4v) is 3.89. The summed E-state index contributed by atoms with van der Waals surface area (Å²) in [5.41, 5.74) is 1.56. The van der Waals surface area contributed by atoms with E-state index in [-0.39, 0.29) is 17.9 Å². The van der Waals surface area contributed by atoms with E-state index in [0.717, 1.165) is 11.3 Å². The van der Waals surface area contributed by atoms with Crippen molar-refractivity contribution in [3.05, 3.63) is 41.7 Å². The molecule has 2 aromatic rings. The standard InChI is InChI=1S/C14H16N4O4S/c19-14(20)6-3-11-1-4-13(5-2-11)23(21,22)17-7-8-18-12(10-17)9-15-16-18/h1-2,4-5,9H,3,6-8,10H2,(H,19,20). The molecule has 0 aliphatic carbocycles. The first kappa shape index (κ1) is 15.6. The van der Waals surface area contributed by atoms with Gasteiger partial charge in [0.1, 0.15) is 0 Å². The van der Waals surface area contributed by atoms with Crippen molar-refractivity contribution in [3.63, 3.8) is 0 Å². The van der Waals surface area contributed by atoms with Gasteiger partial charge in [-0.25, -0.2) is 13.1 Å². The normalized spacial score (nSPS) is 15.3. The number of nitrogens with zero attached hydrogens (tertiary/aromatic N) is 4. The maximum Gasteiger partial charge on any atom is 0.303 e. The number of aromatic nitrogens is 3. The minimum Gasteiger partial charge on any atom is -0.481 e. The van der Waals surface area contributed by atoms with Gasteiger partial charge in [0, 0.05) is 13.0 Å². The van der Waals surface area contributed by atoms with Crippen LogP contribution in [0.25, 0.3) is 0 Å². The summed E-state index contributed by atoms with van der Waals surface area (Å²) >= 11 is 0. The van der Waals surface area contributed by atoms with Crippen molar-refractivity contribution in [1.29, 1.82) is 0 Å². The van der Waals surface area contributed by atoms with E-state index in [1.807, 2.05) is 0 Å². The summed E-state index contributed by atoms with van der Waals surface area (Å²) in [5.74, 6) is -0.875. The lowest BCUT2D eigenvalue weighted by atomic mass is 10.1. The van der Waals surface area contributed by atoms with Crippen molar-refractivity contribution in [3.8, 4) is 0 Å². The molecule has 122 valence electrons. The number of hydrogen-bond acceptors (Lipinski definition) is 5. The van der Waals surface area contributed by atoms with Crippen LogP contribution in [0.1, 0.15) is 17.7 Å². The molecule has 3 rings (SSSR count). The quantitative estimate of drug-likeness (QED) is 0.852. The maximum absolute atomic E-state index is 12.7. The van der Waals surface area contributed by atoms with Gasteiger partial charge in [-0.05, 0) is 24.1 Å². The first-order valence-electron chi connectivity index (χ1n) is 7.15. The van der Waals surface area contributed by atoms with Gasteiger partial charge in [-0.2, -0.15) is 4.31 Å². The zero-order valence-electron chi connectivity index (χ0n) is 12.3. The fraction of sp³-hybridized carbons (Fsp3) is 0.357. The zero-order chi connectivity index (χ0) is 16.4. The molecule has 0 saturated carbocycles. The smallest absolute Gasteiger partial charge is 0.303 e. The molecule has 1 aromatic heterocycles. The lowest BCUT2D eigenvalue weighted by Gasteiger charge is -2.26. The average molecular weight is 336 g/mol. The predicted molar refractivity (Wildman–Crippen MR) is 80.0 cm³/mol. The first-order chi connectivity index (χ1) is 11.0. The predicted octanol–water partition coefficient (Wildman–Crippen LogP) is 0.500. The van der Waals surface area contributed by atoms with Crippen LogP contribution in [-0.2, 0) is 34.3 Å². The van der Waals surface area contributed by atoms with E-state index in [2.05, 4.69) is 10.3 Å². The lowest BCUT2D eigenvalue weighted by molar-refractivity contribution is -0.136. The molecular formula is C14H16N4O4S. The zero-order valence-corrected chi connectivity index (χ0v) is 13.1. The van der Waals surface area contributed by atoms with Crippen molar-refractivity contribution in [2.75, 3.05) is 6.54 Å². The molecule has 9 heteroatoms. The Morgan fingerprint density at radius 2 is 1.96 bits per heavy atom. The Labute approximate surface area is 133 Å². The Bertz CT molecular complexity index is 814. The number of carboxylic acids is 1. The average Bonchev–Trinajstić information content (AvgIpc) is 3.01. The van der Waals surface area contributed by atoms with E-state index in [1.165, 1.54) is 16.4 Å². The van der Waals surface area contributed by atoms with Crippen LogP contribution >= 0.6 is 0 Å². The van der Waals surface area contributed by atoms with Gasteiger partial charge >= 0.3 is 5.97 Å². The van der Waals surface area contributed by atoms with E-state index < -0.39 is 16.0 Å². The number of carboxylic acid groups (broad SMARTS) is 1. The number of fused-ring (bicyclic) bond motifs is 1. The van der Waals surface area contributed by atoms with Crippen LogP contribution in [0.5, 0.6) is 0 Å². The van der Waals surface area contributed by atoms with Crippen LogP contribution < -0.4 is 0 Å². The molecule has 0 fully saturated rings. The lowest BCUT2D eigenvalue weighted by Crippen LogP contribution is -2.38. The third-order valence-electron chi connectivity index (χ3n) is 3.79.